The van der Waals surface area contributed by atoms with Gasteiger partial charge >= 0.3 is 0 Å². The van der Waals surface area contributed by atoms with Crippen LogP contribution in [0.1, 0.15) is 41.4 Å². The van der Waals surface area contributed by atoms with E-state index in [0.29, 0.717) is 25.6 Å². The zero-order valence-corrected chi connectivity index (χ0v) is 15.5. The van der Waals surface area contributed by atoms with Gasteiger partial charge in [-0.2, -0.15) is 5.10 Å². The van der Waals surface area contributed by atoms with Gasteiger partial charge in [0.1, 0.15) is 13.2 Å². The van der Waals surface area contributed by atoms with Crippen LogP contribution in [0.3, 0.4) is 0 Å². The normalized spacial score (nSPS) is 17.0. The average molecular weight is 355 g/mol. The number of aromatic nitrogens is 2. The van der Waals surface area contributed by atoms with Crippen LogP contribution in [0.25, 0.3) is 0 Å². The molecule has 6 nitrogen and oxygen atoms in total. The number of fused-ring (bicyclic) bond motifs is 1. The van der Waals surface area contributed by atoms with Crippen molar-refractivity contribution in [2.24, 2.45) is 13.0 Å². The molecule has 1 saturated carbocycles. The lowest BCUT2D eigenvalue weighted by Gasteiger charge is -2.23. The van der Waals surface area contributed by atoms with Crippen LogP contribution in [0.4, 0.5) is 0 Å². The van der Waals surface area contributed by atoms with Crippen molar-refractivity contribution in [2.75, 3.05) is 13.2 Å². The minimum absolute atomic E-state index is 0.0237. The molecule has 1 aliphatic heterocycles. The molecule has 0 spiro atoms. The minimum Gasteiger partial charge on any atom is -0.486 e. The molecule has 1 amide bonds. The van der Waals surface area contributed by atoms with E-state index >= 15 is 0 Å². The molecule has 2 aliphatic rings. The van der Waals surface area contributed by atoms with E-state index < -0.39 is 0 Å². The monoisotopic (exact) mass is 355 g/mol. The van der Waals surface area contributed by atoms with Crippen LogP contribution in [0, 0.1) is 19.8 Å². The third-order valence-electron chi connectivity index (χ3n) is 5.33. The molecule has 1 atom stereocenters. The van der Waals surface area contributed by atoms with Crippen LogP contribution in [0.15, 0.2) is 18.2 Å². The number of amides is 1. The van der Waals surface area contributed by atoms with Crippen LogP contribution in [-0.4, -0.2) is 28.9 Å². The van der Waals surface area contributed by atoms with Crippen molar-refractivity contribution in [3.05, 3.63) is 40.7 Å². The van der Waals surface area contributed by atoms with E-state index in [1.165, 1.54) is 0 Å². The summed E-state index contributed by atoms with van der Waals surface area (Å²) >= 11 is 0. The molecular formula is C20H25N3O3. The van der Waals surface area contributed by atoms with Gasteiger partial charge in [-0.15, -0.1) is 0 Å². The molecule has 0 radical (unpaired) electrons. The topological polar surface area (TPSA) is 65.4 Å². The number of hydrogen-bond acceptors (Lipinski definition) is 4. The van der Waals surface area contributed by atoms with E-state index in [-0.39, 0.29) is 11.9 Å². The molecule has 1 aromatic carbocycles. The fraction of sp³-hybridized carbons (Fsp3) is 0.500. The Labute approximate surface area is 153 Å². The van der Waals surface area contributed by atoms with Crippen LogP contribution < -0.4 is 14.8 Å². The highest BCUT2D eigenvalue weighted by molar-refractivity contribution is 5.79. The summed E-state index contributed by atoms with van der Waals surface area (Å²) in [4.78, 5) is 12.7. The maximum atomic E-state index is 12.7. The number of nitrogens with one attached hydrogen (secondary N) is 1. The Bertz CT molecular complexity index is 839. The van der Waals surface area contributed by atoms with Crippen LogP contribution in [0.5, 0.6) is 11.5 Å². The first-order valence-electron chi connectivity index (χ1n) is 9.21. The SMILES string of the molecule is Cc1nn(C)c(C)c1CC(=O)NC(c1ccc2c(c1)OCCO2)C1CC1. The number of rotatable bonds is 5. The van der Waals surface area contributed by atoms with Crippen LogP contribution >= 0.6 is 0 Å². The first kappa shape index (κ1) is 16.9. The smallest absolute Gasteiger partial charge is 0.225 e. The first-order chi connectivity index (χ1) is 12.5. The number of benzene rings is 1. The first-order valence-corrected chi connectivity index (χ1v) is 9.21. The highest BCUT2D eigenvalue weighted by atomic mass is 16.6. The minimum atomic E-state index is 0.0237. The Balaban J connectivity index is 1.51. The summed E-state index contributed by atoms with van der Waals surface area (Å²) in [5.74, 6) is 2.09. The number of carbonyl (C=O) groups excluding carboxylic acids is 1. The second-order valence-corrected chi connectivity index (χ2v) is 7.24. The van der Waals surface area contributed by atoms with Crippen molar-refractivity contribution in [3.63, 3.8) is 0 Å². The van der Waals surface area contributed by atoms with Gasteiger partial charge in [0.25, 0.3) is 0 Å². The van der Waals surface area contributed by atoms with Gasteiger partial charge in [-0.05, 0) is 50.3 Å². The molecule has 2 heterocycles. The molecule has 6 heteroatoms. The van der Waals surface area contributed by atoms with E-state index in [1.54, 1.807) is 0 Å². The van der Waals surface area contributed by atoms with Crippen molar-refractivity contribution >= 4 is 5.91 Å². The summed E-state index contributed by atoms with van der Waals surface area (Å²) in [6.45, 7) is 5.10. The predicted molar refractivity (Wildman–Crippen MR) is 97.4 cm³/mol. The summed E-state index contributed by atoms with van der Waals surface area (Å²) in [6, 6.07) is 6.02. The van der Waals surface area contributed by atoms with E-state index in [1.807, 2.05) is 43.8 Å². The summed E-state index contributed by atoms with van der Waals surface area (Å²) < 4.78 is 13.1. The summed E-state index contributed by atoms with van der Waals surface area (Å²) in [5, 5.41) is 7.64. The van der Waals surface area contributed by atoms with Crippen LogP contribution in [0.2, 0.25) is 0 Å². The molecule has 1 aliphatic carbocycles. The molecule has 1 aromatic heterocycles. The number of aryl methyl sites for hydroxylation is 2. The van der Waals surface area contributed by atoms with Gasteiger partial charge in [-0.3, -0.25) is 9.48 Å². The standard InChI is InChI=1S/C20H25N3O3/c1-12-16(13(2)23(3)22-12)11-19(24)21-20(14-4-5-14)15-6-7-17-18(10-15)26-9-8-25-17/h6-7,10,14,20H,4-5,8-9,11H2,1-3H3,(H,21,24). The quantitative estimate of drug-likeness (QED) is 0.895. The number of carbonyl (C=O) groups is 1. The Kier molecular flexibility index (Phi) is 4.34. The maximum Gasteiger partial charge on any atom is 0.225 e. The lowest BCUT2D eigenvalue weighted by atomic mass is 10.0. The van der Waals surface area contributed by atoms with E-state index in [9.17, 15) is 4.79 Å². The fourth-order valence-corrected chi connectivity index (χ4v) is 3.61. The molecule has 138 valence electrons. The van der Waals surface area contributed by atoms with Gasteiger partial charge in [-0.25, -0.2) is 0 Å². The van der Waals surface area contributed by atoms with Gasteiger partial charge in [0.15, 0.2) is 11.5 Å². The lowest BCUT2D eigenvalue weighted by Crippen LogP contribution is -2.31. The molecule has 1 unspecified atom stereocenters. The van der Waals surface area contributed by atoms with Crippen molar-refractivity contribution in [3.8, 4) is 11.5 Å². The lowest BCUT2D eigenvalue weighted by molar-refractivity contribution is -0.121. The molecule has 4 rings (SSSR count). The van der Waals surface area contributed by atoms with Crippen molar-refractivity contribution < 1.29 is 14.3 Å². The number of ether oxygens (including phenoxy) is 2. The average Bonchev–Trinajstić information content (AvgIpc) is 3.44. The summed E-state index contributed by atoms with van der Waals surface area (Å²) in [5.41, 5.74) is 4.06. The van der Waals surface area contributed by atoms with Crippen molar-refractivity contribution in [2.45, 2.75) is 39.2 Å². The van der Waals surface area contributed by atoms with Gasteiger partial charge in [-0.1, -0.05) is 6.07 Å². The van der Waals surface area contributed by atoms with Gasteiger partial charge in [0, 0.05) is 18.3 Å². The fourth-order valence-electron chi connectivity index (χ4n) is 3.61. The highest BCUT2D eigenvalue weighted by Gasteiger charge is 2.34. The summed E-state index contributed by atoms with van der Waals surface area (Å²) in [7, 11) is 1.91. The highest BCUT2D eigenvalue weighted by Crippen LogP contribution is 2.43. The molecule has 1 fully saturated rings. The number of nitrogens with zero attached hydrogens (tertiary/aromatic N) is 2. The van der Waals surface area contributed by atoms with Gasteiger partial charge in [0.2, 0.25) is 5.91 Å². The van der Waals surface area contributed by atoms with E-state index in [2.05, 4.69) is 10.4 Å². The second kappa shape index (κ2) is 6.67. The van der Waals surface area contributed by atoms with Crippen molar-refractivity contribution in [1.29, 1.82) is 0 Å². The summed E-state index contributed by atoms with van der Waals surface area (Å²) in [6.07, 6.45) is 2.65. The second-order valence-electron chi connectivity index (χ2n) is 7.24. The Morgan fingerprint density at radius 3 is 2.65 bits per heavy atom. The largest absolute Gasteiger partial charge is 0.486 e. The molecular weight excluding hydrogens is 330 g/mol. The Morgan fingerprint density at radius 1 is 1.27 bits per heavy atom. The predicted octanol–water partition coefficient (Wildman–Crippen LogP) is 2.62. The van der Waals surface area contributed by atoms with Crippen LogP contribution in [-0.2, 0) is 18.3 Å². The van der Waals surface area contributed by atoms with Crippen molar-refractivity contribution in [1.82, 2.24) is 15.1 Å². The third kappa shape index (κ3) is 3.28. The maximum absolute atomic E-state index is 12.7. The zero-order chi connectivity index (χ0) is 18.3. The molecule has 0 saturated heterocycles. The number of hydrogen-bond donors (Lipinski definition) is 1. The Hall–Kier alpha value is -2.50. The Morgan fingerprint density at radius 2 is 2.00 bits per heavy atom. The molecule has 26 heavy (non-hydrogen) atoms. The van der Waals surface area contributed by atoms with Gasteiger partial charge in [0.05, 0.1) is 18.2 Å². The van der Waals surface area contributed by atoms with Gasteiger partial charge < -0.3 is 14.8 Å². The molecule has 1 N–H and O–H groups in total. The zero-order valence-electron chi connectivity index (χ0n) is 15.5. The third-order valence-corrected chi connectivity index (χ3v) is 5.33. The van der Waals surface area contributed by atoms with E-state index in [4.69, 9.17) is 9.47 Å². The molecule has 0 bridgehead atoms. The molecule has 2 aromatic rings. The van der Waals surface area contributed by atoms with E-state index in [0.717, 1.165) is 46.9 Å².